The van der Waals surface area contributed by atoms with Gasteiger partial charge in [0.1, 0.15) is 0 Å². The van der Waals surface area contributed by atoms with Gasteiger partial charge in [-0.3, -0.25) is 0 Å². The first-order valence-corrected chi connectivity index (χ1v) is 14.6. The predicted octanol–water partition coefficient (Wildman–Crippen LogP) is 9.79. The molecule has 37 heavy (non-hydrogen) atoms. The van der Waals surface area contributed by atoms with E-state index in [1.54, 1.807) is 0 Å². The molecule has 2 aromatic carbocycles. The first-order chi connectivity index (χ1) is 17.5. The van der Waals surface area contributed by atoms with Crippen molar-refractivity contribution in [1.29, 1.82) is 0 Å². The average Bonchev–Trinajstić information content (AvgIpc) is 2.92. The molecule has 2 rings (SSSR count). The van der Waals surface area contributed by atoms with Crippen LogP contribution < -0.4 is 0 Å². The molecular weight excluding hydrogens is 452 g/mol. The number of ether oxygens (including phenoxy) is 1. The number of hydrogen-bond acceptors (Lipinski definition) is 2. The zero-order valence-corrected chi connectivity index (χ0v) is 25.4. The van der Waals surface area contributed by atoms with E-state index in [4.69, 9.17) is 9.84 Å². The van der Waals surface area contributed by atoms with Gasteiger partial charge in [-0.1, -0.05) is 123 Å². The van der Waals surface area contributed by atoms with Gasteiger partial charge in [-0.25, -0.2) is 0 Å². The highest BCUT2D eigenvalue weighted by atomic mass is 16.5. The van der Waals surface area contributed by atoms with Crippen LogP contribution in [-0.4, -0.2) is 18.3 Å². The maximum Gasteiger partial charge on any atom is 0.0900 e. The molecule has 0 aliphatic heterocycles. The van der Waals surface area contributed by atoms with Crippen molar-refractivity contribution in [3.8, 4) is 0 Å². The van der Waals surface area contributed by atoms with Crippen molar-refractivity contribution in [1.82, 2.24) is 0 Å². The van der Waals surface area contributed by atoms with Gasteiger partial charge in [0.05, 0.1) is 5.60 Å². The molecule has 0 bridgehead atoms. The summed E-state index contributed by atoms with van der Waals surface area (Å²) >= 11 is 0. The Morgan fingerprint density at radius 1 is 0.784 bits per heavy atom. The third kappa shape index (κ3) is 10.1. The van der Waals surface area contributed by atoms with Gasteiger partial charge >= 0.3 is 0 Å². The molecule has 0 spiro atoms. The average molecular weight is 509 g/mol. The van der Waals surface area contributed by atoms with Crippen LogP contribution in [0.1, 0.15) is 123 Å². The molecule has 0 aliphatic carbocycles. The monoisotopic (exact) mass is 508 g/mol. The Morgan fingerprint density at radius 3 is 1.65 bits per heavy atom. The van der Waals surface area contributed by atoms with Gasteiger partial charge in [-0.2, -0.15) is 0 Å². The molecule has 0 aromatic heterocycles. The Labute approximate surface area is 229 Å². The number of rotatable bonds is 14. The van der Waals surface area contributed by atoms with Gasteiger partial charge in [0.15, 0.2) is 0 Å². The first kappa shape index (κ1) is 33.1. The number of benzene rings is 2. The van der Waals surface area contributed by atoms with Crippen molar-refractivity contribution in [2.45, 2.75) is 111 Å². The third-order valence-electron chi connectivity index (χ3n) is 8.45. The molecule has 0 amide bonds. The van der Waals surface area contributed by atoms with Crippen LogP contribution in [0.15, 0.2) is 61.2 Å². The smallest absolute Gasteiger partial charge is 0.0900 e. The van der Waals surface area contributed by atoms with Gasteiger partial charge in [0.25, 0.3) is 0 Å². The highest BCUT2D eigenvalue weighted by molar-refractivity contribution is 5.41. The molecule has 4 atom stereocenters. The maximum atomic E-state index is 8.37. The summed E-state index contributed by atoms with van der Waals surface area (Å²) in [5, 5.41) is 8.37. The zero-order valence-electron chi connectivity index (χ0n) is 25.4. The number of hydrogen-bond donors (Lipinski definition) is 1. The molecule has 0 heterocycles. The quantitative estimate of drug-likeness (QED) is 0.257. The van der Waals surface area contributed by atoms with Gasteiger partial charge in [-0.15, -0.1) is 6.58 Å². The second-order valence-corrected chi connectivity index (χ2v) is 11.6. The largest absolute Gasteiger partial charge is 0.396 e. The summed E-state index contributed by atoms with van der Waals surface area (Å²) < 4.78 is 6.39. The van der Waals surface area contributed by atoms with Crippen LogP contribution >= 0.6 is 0 Å². The van der Waals surface area contributed by atoms with Crippen molar-refractivity contribution in [3.05, 3.63) is 83.4 Å². The van der Waals surface area contributed by atoms with Crippen LogP contribution in [0.3, 0.4) is 0 Å². The lowest BCUT2D eigenvalue weighted by Crippen LogP contribution is -2.26. The fourth-order valence-corrected chi connectivity index (χ4v) is 4.25. The third-order valence-corrected chi connectivity index (χ3v) is 8.45. The number of aliphatic hydroxyl groups is 1. The summed E-state index contributed by atoms with van der Waals surface area (Å²) in [4.78, 5) is 0. The molecule has 2 heteroatoms. The van der Waals surface area contributed by atoms with E-state index in [1.165, 1.54) is 35.1 Å². The first-order valence-electron chi connectivity index (χ1n) is 14.6. The summed E-state index contributed by atoms with van der Waals surface area (Å²) in [6.45, 7) is 25.1. The summed E-state index contributed by atoms with van der Waals surface area (Å²) in [6, 6.07) is 18.1. The number of allylic oxidation sites excluding steroid dienone is 1. The topological polar surface area (TPSA) is 29.5 Å². The van der Waals surface area contributed by atoms with Crippen LogP contribution in [0.25, 0.3) is 0 Å². The SMILES string of the molecule is C=CC(C)c1ccc(C(C)(C)c2ccc([C@@](C)(CC)OCCC(C)CC)cc2)cc1.CCC(C)CCO. The van der Waals surface area contributed by atoms with Crippen LogP contribution in [0.2, 0.25) is 0 Å². The van der Waals surface area contributed by atoms with Crippen molar-refractivity contribution in [2.75, 3.05) is 13.2 Å². The van der Waals surface area contributed by atoms with Crippen LogP contribution in [-0.2, 0) is 15.8 Å². The summed E-state index contributed by atoms with van der Waals surface area (Å²) in [5.41, 5.74) is 4.97. The fraction of sp³-hybridized carbons (Fsp3) is 0.600. The number of aliphatic hydroxyl groups excluding tert-OH is 1. The summed E-state index contributed by atoms with van der Waals surface area (Å²) in [6.07, 6.45) is 7.44. The Kier molecular flexibility index (Phi) is 14.5. The van der Waals surface area contributed by atoms with Crippen molar-refractivity contribution in [3.63, 3.8) is 0 Å². The standard InChI is InChI=1S/C29H42O.C6H14O/c1-9-22(4)20-21-30-29(8,11-3)27-18-16-26(17-19-27)28(6,7)25-14-12-24(13-15-25)23(5)10-2;1-3-6(2)4-5-7/h10,12-19,22-23H,2,9,11,20-21H2,1,3-8H3;6-7H,3-5H2,1-2H3/t22?,23?,29-;/m1./s1. The van der Waals surface area contributed by atoms with E-state index in [-0.39, 0.29) is 11.0 Å². The second kappa shape index (κ2) is 16.1. The zero-order chi connectivity index (χ0) is 28.1. The van der Waals surface area contributed by atoms with Crippen LogP contribution in [0.5, 0.6) is 0 Å². The molecule has 1 N–H and O–H groups in total. The Morgan fingerprint density at radius 2 is 1.24 bits per heavy atom. The Bertz CT molecular complexity index is 880. The highest BCUT2D eigenvalue weighted by Crippen LogP contribution is 2.35. The molecular formula is C35H56O2. The maximum absolute atomic E-state index is 8.37. The van der Waals surface area contributed by atoms with E-state index >= 15 is 0 Å². The minimum atomic E-state index is -0.224. The molecule has 0 fully saturated rings. The minimum absolute atomic E-state index is 0.0471. The van der Waals surface area contributed by atoms with E-state index in [1.807, 2.05) is 6.08 Å². The molecule has 0 saturated heterocycles. The highest BCUT2D eigenvalue weighted by Gasteiger charge is 2.28. The molecule has 3 unspecified atom stereocenters. The van der Waals surface area contributed by atoms with E-state index < -0.39 is 0 Å². The molecule has 2 nitrogen and oxygen atoms in total. The molecule has 0 radical (unpaired) electrons. The van der Waals surface area contributed by atoms with Gasteiger partial charge in [0, 0.05) is 18.6 Å². The Balaban J connectivity index is 0.000000856. The molecule has 208 valence electrons. The van der Waals surface area contributed by atoms with Crippen molar-refractivity contribution in [2.24, 2.45) is 11.8 Å². The van der Waals surface area contributed by atoms with E-state index in [9.17, 15) is 0 Å². The van der Waals surface area contributed by atoms with Gasteiger partial charge in [-0.05, 0) is 66.2 Å². The van der Waals surface area contributed by atoms with Crippen molar-refractivity contribution < 1.29 is 9.84 Å². The fourth-order valence-electron chi connectivity index (χ4n) is 4.25. The molecule has 0 aliphatic rings. The van der Waals surface area contributed by atoms with Crippen LogP contribution in [0.4, 0.5) is 0 Å². The normalized spacial score (nSPS) is 15.6. The molecule has 2 aromatic rings. The van der Waals surface area contributed by atoms with E-state index in [0.717, 1.165) is 31.8 Å². The predicted molar refractivity (Wildman–Crippen MR) is 162 cm³/mol. The lowest BCUT2D eigenvalue weighted by Gasteiger charge is -2.32. The molecule has 0 saturated carbocycles. The van der Waals surface area contributed by atoms with Gasteiger partial charge < -0.3 is 9.84 Å². The summed E-state index contributed by atoms with van der Waals surface area (Å²) in [7, 11) is 0. The Hall–Kier alpha value is -1.90. The minimum Gasteiger partial charge on any atom is -0.396 e. The summed E-state index contributed by atoms with van der Waals surface area (Å²) in [5.74, 6) is 1.80. The lowest BCUT2D eigenvalue weighted by atomic mass is 9.77. The van der Waals surface area contributed by atoms with E-state index in [0.29, 0.717) is 18.4 Å². The second-order valence-electron chi connectivity index (χ2n) is 11.6. The van der Waals surface area contributed by atoms with E-state index in [2.05, 4.69) is 117 Å². The van der Waals surface area contributed by atoms with Crippen molar-refractivity contribution >= 4 is 0 Å². The van der Waals surface area contributed by atoms with Crippen LogP contribution in [0, 0.1) is 11.8 Å². The lowest BCUT2D eigenvalue weighted by molar-refractivity contribution is -0.0441. The van der Waals surface area contributed by atoms with Gasteiger partial charge in [0.2, 0.25) is 0 Å².